The van der Waals surface area contributed by atoms with Gasteiger partial charge in [-0.3, -0.25) is 4.79 Å². The van der Waals surface area contributed by atoms with Crippen LogP contribution in [0.1, 0.15) is 27.9 Å². The van der Waals surface area contributed by atoms with Crippen molar-refractivity contribution in [3.63, 3.8) is 0 Å². The Morgan fingerprint density at radius 2 is 2.20 bits per heavy atom. The number of halogens is 4. The van der Waals surface area contributed by atoms with Crippen LogP contribution in [0, 0.1) is 17.3 Å². The summed E-state index contributed by atoms with van der Waals surface area (Å²) in [4.78, 5) is 13.6. The first-order chi connectivity index (χ1) is 6.99. The van der Waals surface area contributed by atoms with Crippen molar-refractivity contribution in [3.8, 4) is 6.07 Å². The van der Waals surface area contributed by atoms with E-state index in [-0.39, 0.29) is 0 Å². The lowest BCUT2D eigenvalue weighted by atomic mass is 10.1. The molecule has 0 aliphatic carbocycles. The lowest BCUT2D eigenvalue weighted by Crippen LogP contribution is -2.05. The third-order valence-electron chi connectivity index (χ3n) is 1.61. The number of hydrogen-bond acceptors (Lipinski definition) is 3. The first-order valence-corrected chi connectivity index (χ1v) is 3.93. The van der Waals surface area contributed by atoms with Crippen LogP contribution in [-0.2, 0) is 0 Å². The maximum absolute atomic E-state index is 12.8. The van der Waals surface area contributed by atoms with Gasteiger partial charge in [0.05, 0.1) is 16.7 Å². The minimum atomic E-state index is -3.23. The summed E-state index contributed by atoms with van der Waals surface area (Å²) in [6, 6.07) is 1.30. The van der Waals surface area contributed by atoms with E-state index in [4.69, 9.17) is 16.9 Å². The number of rotatable bonds is 2. The zero-order valence-corrected chi connectivity index (χ0v) is 7.73. The Balaban J connectivity index is 3.56. The summed E-state index contributed by atoms with van der Waals surface area (Å²) in [5.41, 5.74) is -2.52. The van der Waals surface area contributed by atoms with Gasteiger partial charge in [0, 0.05) is 6.20 Å². The molecular formula is C8H2ClF3N2O. The van der Waals surface area contributed by atoms with Gasteiger partial charge in [-0.25, -0.2) is 13.8 Å². The van der Waals surface area contributed by atoms with Gasteiger partial charge in [0.1, 0.15) is 6.07 Å². The van der Waals surface area contributed by atoms with E-state index in [0.29, 0.717) is 6.20 Å². The minimum Gasteiger partial charge on any atom is -0.275 e. The molecule has 15 heavy (non-hydrogen) atoms. The molecule has 0 fully saturated rings. The van der Waals surface area contributed by atoms with Crippen molar-refractivity contribution < 1.29 is 18.0 Å². The zero-order chi connectivity index (χ0) is 11.6. The molecule has 1 aromatic heterocycles. The second kappa shape index (κ2) is 4.28. The molecule has 3 nitrogen and oxygen atoms in total. The number of carbonyl (C=O) groups excluding carboxylic acids is 1. The Bertz CT molecular complexity index is 456. The third kappa shape index (κ3) is 2.07. The van der Waals surface area contributed by atoms with Gasteiger partial charge in [-0.1, -0.05) is 0 Å². The van der Waals surface area contributed by atoms with Crippen LogP contribution >= 0.6 is 11.6 Å². The highest BCUT2D eigenvalue weighted by Crippen LogP contribution is 2.27. The fourth-order valence-corrected chi connectivity index (χ4v) is 1.12. The third-order valence-corrected chi connectivity index (χ3v) is 1.81. The zero-order valence-electron chi connectivity index (χ0n) is 6.97. The number of carbonyl (C=O) groups is 1. The molecule has 0 atom stereocenters. The predicted molar refractivity (Wildman–Crippen MR) is 44.1 cm³/mol. The second-order valence-electron chi connectivity index (χ2n) is 2.44. The summed E-state index contributed by atoms with van der Waals surface area (Å²) in [6.07, 6.45) is -2.59. The molecule has 0 aromatic carbocycles. The Morgan fingerprint density at radius 1 is 1.60 bits per heavy atom. The van der Waals surface area contributed by atoms with Crippen LogP contribution in [0.3, 0.4) is 0 Å². The van der Waals surface area contributed by atoms with Gasteiger partial charge in [0.2, 0.25) is 5.95 Å². The summed E-state index contributed by atoms with van der Waals surface area (Å²) >= 11 is 5.02. The number of hydrogen-bond donors (Lipinski definition) is 0. The number of nitriles is 1. The smallest absolute Gasteiger partial charge is 0.269 e. The van der Waals surface area contributed by atoms with Crippen molar-refractivity contribution in [2.24, 2.45) is 0 Å². The molecule has 1 aromatic rings. The monoisotopic (exact) mass is 234 g/mol. The first kappa shape index (κ1) is 11.5. The maximum atomic E-state index is 12.8. The van der Waals surface area contributed by atoms with Gasteiger partial charge in [0.25, 0.3) is 11.7 Å². The van der Waals surface area contributed by atoms with Crippen molar-refractivity contribution in [1.82, 2.24) is 4.98 Å². The van der Waals surface area contributed by atoms with Gasteiger partial charge >= 0.3 is 0 Å². The van der Waals surface area contributed by atoms with Gasteiger partial charge < -0.3 is 0 Å². The molecule has 78 valence electrons. The summed E-state index contributed by atoms with van der Waals surface area (Å²) in [5, 5.41) is 7.39. The second-order valence-corrected chi connectivity index (χ2v) is 2.78. The fraction of sp³-hybridized carbons (Fsp3) is 0.125. The van der Waals surface area contributed by atoms with Crippen LogP contribution in [-0.4, -0.2) is 10.2 Å². The molecule has 1 rings (SSSR count). The lowest BCUT2D eigenvalue weighted by molar-refractivity contribution is 0.107. The Morgan fingerprint density at radius 3 is 2.60 bits per heavy atom. The van der Waals surface area contributed by atoms with Gasteiger partial charge in [-0.15, -0.1) is 0 Å². The van der Waals surface area contributed by atoms with Crippen LogP contribution in [0.15, 0.2) is 6.20 Å². The molecule has 1 heterocycles. The average molecular weight is 235 g/mol. The van der Waals surface area contributed by atoms with E-state index >= 15 is 0 Å². The van der Waals surface area contributed by atoms with Crippen LogP contribution < -0.4 is 0 Å². The minimum absolute atomic E-state index is 0.532. The Hall–Kier alpha value is -1.61. The molecule has 0 bridgehead atoms. The van der Waals surface area contributed by atoms with Crippen molar-refractivity contribution in [2.45, 2.75) is 6.43 Å². The summed E-state index contributed by atoms with van der Waals surface area (Å²) in [6.45, 7) is 0. The number of pyridine rings is 1. The highest BCUT2D eigenvalue weighted by molar-refractivity contribution is 6.68. The molecule has 0 amide bonds. The molecule has 0 saturated heterocycles. The topological polar surface area (TPSA) is 53.8 Å². The first-order valence-electron chi connectivity index (χ1n) is 3.55. The summed E-state index contributed by atoms with van der Waals surface area (Å²) in [7, 11) is 0. The van der Waals surface area contributed by atoms with Gasteiger partial charge in [-0.05, 0) is 11.6 Å². The predicted octanol–water partition coefficient (Wildman–Crippen LogP) is 2.41. The quantitative estimate of drug-likeness (QED) is 0.583. The molecule has 0 aliphatic rings. The fourth-order valence-electron chi connectivity index (χ4n) is 0.972. The number of alkyl halides is 2. The SMILES string of the molecule is N#Cc1c(C(=O)Cl)cnc(F)c1C(F)F. The molecule has 0 unspecified atom stereocenters. The van der Waals surface area contributed by atoms with Crippen molar-refractivity contribution in [2.75, 3.05) is 0 Å². The summed E-state index contributed by atoms with van der Waals surface area (Å²) in [5.74, 6) is -1.48. The van der Waals surface area contributed by atoms with Crippen LogP contribution in [0.25, 0.3) is 0 Å². The standard InChI is InChI=1S/C8H2ClF3N2O/c9-6(15)4-2-14-8(12)5(7(10)11)3(4)1-13/h2,7H. The average Bonchev–Trinajstić information content (AvgIpc) is 2.15. The van der Waals surface area contributed by atoms with Crippen molar-refractivity contribution in [1.29, 1.82) is 5.26 Å². The van der Waals surface area contributed by atoms with E-state index in [2.05, 4.69) is 4.98 Å². The van der Waals surface area contributed by atoms with Gasteiger partial charge in [-0.2, -0.15) is 9.65 Å². The van der Waals surface area contributed by atoms with E-state index in [9.17, 15) is 18.0 Å². The molecule has 0 radical (unpaired) electrons. The van der Waals surface area contributed by atoms with Crippen molar-refractivity contribution in [3.05, 3.63) is 28.8 Å². The van der Waals surface area contributed by atoms with E-state index in [0.717, 1.165) is 0 Å². The molecule has 0 aliphatic heterocycles. The molecular weight excluding hydrogens is 233 g/mol. The largest absolute Gasteiger partial charge is 0.275 e. The highest BCUT2D eigenvalue weighted by Gasteiger charge is 2.24. The highest BCUT2D eigenvalue weighted by atomic mass is 35.5. The summed E-state index contributed by atoms with van der Waals surface area (Å²) < 4.78 is 37.5. The Kier molecular flexibility index (Phi) is 3.27. The van der Waals surface area contributed by atoms with Crippen molar-refractivity contribution >= 4 is 16.8 Å². The molecule has 0 spiro atoms. The molecule has 0 saturated carbocycles. The van der Waals surface area contributed by atoms with E-state index in [1.807, 2.05) is 0 Å². The van der Waals surface area contributed by atoms with Crippen LogP contribution in [0.5, 0.6) is 0 Å². The Labute approximate surface area is 87.1 Å². The van der Waals surface area contributed by atoms with Gasteiger partial charge in [0.15, 0.2) is 0 Å². The maximum Gasteiger partial charge on any atom is 0.269 e. The van der Waals surface area contributed by atoms with E-state index < -0.39 is 34.3 Å². The molecule has 7 heteroatoms. The lowest BCUT2D eigenvalue weighted by Gasteiger charge is -2.05. The van der Waals surface area contributed by atoms with E-state index in [1.165, 1.54) is 6.07 Å². The van der Waals surface area contributed by atoms with Crippen LogP contribution in [0.2, 0.25) is 0 Å². The molecule has 0 N–H and O–H groups in total. The number of aromatic nitrogens is 1. The normalized spacial score (nSPS) is 10.1. The van der Waals surface area contributed by atoms with E-state index in [1.54, 1.807) is 0 Å². The number of nitrogens with zero attached hydrogens (tertiary/aromatic N) is 2. The van der Waals surface area contributed by atoms with Crippen LogP contribution in [0.4, 0.5) is 13.2 Å².